The van der Waals surface area contributed by atoms with Crippen LogP contribution >= 0.6 is 0 Å². The first-order valence-electron chi connectivity index (χ1n) is 7.47. The summed E-state index contributed by atoms with van der Waals surface area (Å²) in [4.78, 5) is 25.4. The van der Waals surface area contributed by atoms with Gasteiger partial charge in [-0.2, -0.15) is 0 Å². The Morgan fingerprint density at radius 3 is 2.42 bits per heavy atom. The molecule has 2 amide bonds. The fourth-order valence-electron chi connectivity index (χ4n) is 3.79. The number of nitrogens with zero attached hydrogens (tertiary/aromatic N) is 1. The number of likely N-dealkylation sites (tertiary alicyclic amines) is 1. The molecule has 0 aromatic rings. The monoisotopic (exact) mass is 265 g/mol. The summed E-state index contributed by atoms with van der Waals surface area (Å²) in [6.45, 7) is 2.48. The van der Waals surface area contributed by atoms with Crippen molar-refractivity contribution in [3.63, 3.8) is 0 Å². The van der Waals surface area contributed by atoms with E-state index in [1.165, 1.54) is 25.7 Å². The van der Waals surface area contributed by atoms with Crippen LogP contribution in [0.2, 0.25) is 0 Å². The van der Waals surface area contributed by atoms with E-state index in [4.69, 9.17) is 0 Å². The van der Waals surface area contributed by atoms with Gasteiger partial charge >= 0.3 is 0 Å². The summed E-state index contributed by atoms with van der Waals surface area (Å²) in [7, 11) is 0. The van der Waals surface area contributed by atoms with Gasteiger partial charge in [0.15, 0.2) is 0 Å². The molecule has 1 spiro atoms. The molecule has 2 N–H and O–H groups in total. The van der Waals surface area contributed by atoms with Crippen LogP contribution in [0.4, 0.5) is 0 Å². The average Bonchev–Trinajstić information content (AvgIpc) is 2.88. The molecule has 3 rings (SSSR count). The predicted octanol–water partition coefficient (Wildman–Crippen LogP) is 0.257. The van der Waals surface area contributed by atoms with Crippen LogP contribution in [0.5, 0.6) is 0 Å². The number of hydrogen-bond acceptors (Lipinski definition) is 3. The average molecular weight is 265 g/mol. The van der Waals surface area contributed by atoms with Crippen LogP contribution in [-0.4, -0.2) is 48.9 Å². The van der Waals surface area contributed by atoms with Gasteiger partial charge in [-0.05, 0) is 31.1 Å². The number of hydrogen-bond donors (Lipinski definition) is 2. The lowest BCUT2D eigenvalue weighted by atomic mass is 9.77. The van der Waals surface area contributed by atoms with E-state index in [1.807, 2.05) is 4.90 Å². The van der Waals surface area contributed by atoms with E-state index in [1.54, 1.807) is 0 Å². The van der Waals surface area contributed by atoms with Gasteiger partial charge in [0.05, 0.1) is 6.54 Å². The second kappa shape index (κ2) is 5.12. The van der Waals surface area contributed by atoms with Crippen molar-refractivity contribution in [2.24, 2.45) is 5.41 Å². The molecule has 2 aliphatic heterocycles. The first-order valence-corrected chi connectivity index (χ1v) is 7.47. The Labute approximate surface area is 114 Å². The summed E-state index contributed by atoms with van der Waals surface area (Å²) in [5.74, 6) is 0.139. The number of carbonyl (C=O) groups excluding carboxylic acids is 2. The maximum atomic E-state index is 12.4. The Balaban J connectivity index is 1.53. The van der Waals surface area contributed by atoms with Gasteiger partial charge < -0.3 is 10.2 Å². The fourth-order valence-corrected chi connectivity index (χ4v) is 3.79. The molecule has 0 aromatic heterocycles. The lowest BCUT2D eigenvalue weighted by Crippen LogP contribution is -2.59. The third-order valence-electron chi connectivity index (χ3n) is 5.11. The molecule has 2 heterocycles. The highest BCUT2D eigenvalue weighted by Gasteiger charge is 2.39. The van der Waals surface area contributed by atoms with Crippen molar-refractivity contribution in [3.05, 3.63) is 0 Å². The minimum atomic E-state index is -0.227. The van der Waals surface area contributed by atoms with Crippen molar-refractivity contribution in [2.75, 3.05) is 26.2 Å². The molecule has 3 aliphatic rings. The molecule has 1 aliphatic carbocycles. The normalized spacial score (nSPS) is 30.4. The first kappa shape index (κ1) is 12.9. The maximum Gasteiger partial charge on any atom is 0.241 e. The molecule has 2 saturated heterocycles. The molecule has 1 unspecified atom stereocenters. The van der Waals surface area contributed by atoms with Gasteiger partial charge in [-0.3, -0.25) is 14.9 Å². The fraction of sp³-hybridized carbons (Fsp3) is 0.857. The van der Waals surface area contributed by atoms with Crippen molar-refractivity contribution in [1.82, 2.24) is 15.5 Å². The maximum absolute atomic E-state index is 12.4. The molecular formula is C14H23N3O2. The number of piperazine rings is 1. The molecule has 1 saturated carbocycles. The molecule has 106 valence electrons. The predicted molar refractivity (Wildman–Crippen MR) is 71.5 cm³/mol. The molecular weight excluding hydrogens is 242 g/mol. The molecule has 3 fully saturated rings. The SMILES string of the molecule is O=C1CNC(C(=O)N2CCC3(CCCC3)CC2)CN1. The van der Waals surface area contributed by atoms with E-state index >= 15 is 0 Å². The minimum Gasteiger partial charge on any atom is -0.353 e. The van der Waals surface area contributed by atoms with Crippen LogP contribution in [0, 0.1) is 5.41 Å². The second-order valence-electron chi connectivity index (χ2n) is 6.27. The molecule has 0 radical (unpaired) electrons. The summed E-state index contributed by atoms with van der Waals surface area (Å²) >= 11 is 0. The number of nitrogens with one attached hydrogen (secondary N) is 2. The Morgan fingerprint density at radius 2 is 1.84 bits per heavy atom. The van der Waals surface area contributed by atoms with Crippen LogP contribution < -0.4 is 10.6 Å². The van der Waals surface area contributed by atoms with E-state index in [2.05, 4.69) is 10.6 Å². The number of rotatable bonds is 1. The van der Waals surface area contributed by atoms with Crippen molar-refractivity contribution in [3.8, 4) is 0 Å². The van der Waals surface area contributed by atoms with Crippen LogP contribution in [0.1, 0.15) is 38.5 Å². The zero-order chi connectivity index (χ0) is 13.3. The summed E-state index contributed by atoms with van der Waals surface area (Å²) in [5.41, 5.74) is 0.547. The minimum absolute atomic E-state index is 0.0207. The molecule has 0 aromatic carbocycles. The first-order chi connectivity index (χ1) is 9.19. The quantitative estimate of drug-likeness (QED) is 0.715. The highest BCUT2D eigenvalue weighted by atomic mass is 16.2. The molecule has 0 bridgehead atoms. The van der Waals surface area contributed by atoms with E-state index < -0.39 is 0 Å². The van der Waals surface area contributed by atoms with E-state index in [0.29, 0.717) is 12.0 Å². The Morgan fingerprint density at radius 1 is 1.16 bits per heavy atom. The van der Waals surface area contributed by atoms with Crippen LogP contribution in [0.3, 0.4) is 0 Å². The zero-order valence-electron chi connectivity index (χ0n) is 11.4. The van der Waals surface area contributed by atoms with Gasteiger partial charge in [-0.15, -0.1) is 0 Å². The van der Waals surface area contributed by atoms with Gasteiger partial charge in [0, 0.05) is 19.6 Å². The van der Waals surface area contributed by atoms with Crippen molar-refractivity contribution >= 4 is 11.8 Å². The Bertz CT molecular complexity index is 357. The molecule has 5 heteroatoms. The summed E-state index contributed by atoms with van der Waals surface area (Å²) < 4.78 is 0. The van der Waals surface area contributed by atoms with Crippen molar-refractivity contribution in [1.29, 1.82) is 0 Å². The third kappa shape index (κ3) is 2.61. The van der Waals surface area contributed by atoms with Gasteiger partial charge in [-0.25, -0.2) is 0 Å². The van der Waals surface area contributed by atoms with E-state index in [9.17, 15) is 9.59 Å². The summed E-state index contributed by atoms with van der Waals surface area (Å²) in [5, 5.41) is 5.78. The smallest absolute Gasteiger partial charge is 0.241 e. The lowest BCUT2D eigenvalue weighted by molar-refractivity contribution is -0.137. The van der Waals surface area contributed by atoms with Gasteiger partial charge in [0.25, 0.3) is 0 Å². The van der Waals surface area contributed by atoms with Crippen LogP contribution in [0.15, 0.2) is 0 Å². The standard InChI is InChI=1S/C14H23N3O2/c18-12-10-15-11(9-16-12)13(19)17-7-5-14(6-8-17)3-1-2-4-14/h11,15H,1-10H2,(H,16,18). The summed E-state index contributed by atoms with van der Waals surface area (Å²) in [6, 6.07) is -0.227. The highest BCUT2D eigenvalue weighted by Crippen LogP contribution is 2.46. The number of carbonyl (C=O) groups is 2. The second-order valence-corrected chi connectivity index (χ2v) is 6.27. The Hall–Kier alpha value is -1.10. The molecule has 5 nitrogen and oxygen atoms in total. The third-order valence-corrected chi connectivity index (χ3v) is 5.11. The number of amides is 2. The zero-order valence-corrected chi connectivity index (χ0v) is 11.4. The van der Waals surface area contributed by atoms with E-state index in [-0.39, 0.29) is 24.4 Å². The topological polar surface area (TPSA) is 61.4 Å². The largest absolute Gasteiger partial charge is 0.353 e. The lowest BCUT2D eigenvalue weighted by Gasteiger charge is -2.41. The van der Waals surface area contributed by atoms with Crippen LogP contribution in [0.25, 0.3) is 0 Å². The van der Waals surface area contributed by atoms with Crippen LogP contribution in [-0.2, 0) is 9.59 Å². The molecule has 1 atom stereocenters. The van der Waals surface area contributed by atoms with Gasteiger partial charge in [0.2, 0.25) is 11.8 Å². The Kier molecular flexibility index (Phi) is 3.48. The number of piperidine rings is 1. The summed E-state index contributed by atoms with van der Waals surface area (Å²) in [6.07, 6.45) is 7.77. The van der Waals surface area contributed by atoms with Crippen molar-refractivity contribution in [2.45, 2.75) is 44.6 Å². The van der Waals surface area contributed by atoms with Gasteiger partial charge in [0.1, 0.15) is 6.04 Å². The highest BCUT2D eigenvalue weighted by molar-refractivity contribution is 5.86. The molecule has 19 heavy (non-hydrogen) atoms. The van der Waals surface area contributed by atoms with Crippen molar-refractivity contribution < 1.29 is 9.59 Å². The van der Waals surface area contributed by atoms with Gasteiger partial charge in [-0.1, -0.05) is 12.8 Å². The van der Waals surface area contributed by atoms with E-state index in [0.717, 1.165) is 25.9 Å².